The normalized spacial score (nSPS) is 10.8. The molecule has 0 aliphatic rings. The summed E-state index contributed by atoms with van der Waals surface area (Å²) in [6, 6.07) is 17.2. The van der Waals surface area contributed by atoms with Crippen LogP contribution in [0.25, 0.3) is 10.8 Å². The number of carbonyl (C=O) groups excluding carboxylic acids is 2. The van der Waals surface area contributed by atoms with Gasteiger partial charge in [-0.15, -0.1) is 0 Å². The summed E-state index contributed by atoms with van der Waals surface area (Å²) in [6.07, 6.45) is 0. The smallest absolute Gasteiger partial charge is 0.259 e. The number of benzene rings is 3. The van der Waals surface area contributed by atoms with Crippen LogP contribution in [-0.2, 0) is 4.79 Å². The summed E-state index contributed by atoms with van der Waals surface area (Å²) in [7, 11) is 0. The second kappa shape index (κ2) is 8.78. The molecule has 2 amide bonds. The van der Waals surface area contributed by atoms with Gasteiger partial charge in [-0.1, -0.05) is 42.5 Å². The molecule has 0 unspecified atom stereocenters. The molecule has 0 saturated carbocycles. The molecule has 0 spiro atoms. The Balaban J connectivity index is 1.93. The molecule has 2 N–H and O–H groups in total. The first kappa shape index (κ1) is 20.4. The van der Waals surface area contributed by atoms with Gasteiger partial charge in [0.25, 0.3) is 11.8 Å². The van der Waals surface area contributed by atoms with E-state index in [1.807, 2.05) is 70.2 Å². The van der Waals surface area contributed by atoms with E-state index in [9.17, 15) is 9.59 Å². The number of aryl methyl sites for hydroxylation is 2. The van der Waals surface area contributed by atoms with E-state index in [4.69, 9.17) is 4.74 Å². The molecule has 29 heavy (non-hydrogen) atoms. The molecule has 0 bridgehead atoms. The number of hydrogen-bond donors (Lipinski definition) is 2. The molecular formula is C24H26N2O3. The third-order valence-electron chi connectivity index (χ3n) is 4.62. The molecule has 5 nitrogen and oxygen atoms in total. The number of amides is 2. The number of anilines is 1. The SMILES string of the molecule is Cc1cccc(C)c1NC(=O)c1cc2ccccc2cc1OCC(=O)NC(C)C. The van der Waals surface area contributed by atoms with Crippen molar-refractivity contribution >= 4 is 28.3 Å². The van der Waals surface area contributed by atoms with Crippen LogP contribution in [0.3, 0.4) is 0 Å². The monoisotopic (exact) mass is 390 g/mol. The van der Waals surface area contributed by atoms with Gasteiger partial charge in [-0.2, -0.15) is 0 Å². The van der Waals surface area contributed by atoms with Crippen molar-refractivity contribution in [3.63, 3.8) is 0 Å². The molecule has 3 aromatic carbocycles. The number of para-hydroxylation sites is 1. The van der Waals surface area contributed by atoms with E-state index in [1.165, 1.54) is 0 Å². The quantitative estimate of drug-likeness (QED) is 0.646. The van der Waals surface area contributed by atoms with Crippen LogP contribution in [-0.4, -0.2) is 24.5 Å². The topological polar surface area (TPSA) is 67.4 Å². The van der Waals surface area contributed by atoms with E-state index in [1.54, 1.807) is 12.1 Å². The third kappa shape index (κ3) is 4.93. The summed E-state index contributed by atoms with van der Waals surface area (Å²) in [4.78, 5) is 25.1. The molecule has 0 saturated heterocycles. The maximum Gasteiger partial charge on any atom is 0.259 e. The van der Waals surface area contributed by atoms with Crippen LogP contribution in [0.5, 0.6) is 5.75 Å². The second-order valence-corrected chi connectivity index (χ2v) is 7.43. The molecule has 0 fully saturated rings. The summed E-state index contributed by atoms with van der Waals surface area (Å²) in [6.45, 7) is 7.53. The summed E-state index contributed by atoms with van der Waals surface area (Å²) in [5.74, 6) is -0.118. The van der Waals surface area contributed by atoms with Gasteiger partial charge < -0.3 is 15.4 Å². The maximum absolute atomic E-state index is 13.1. The first-order valence-corrected chi connectivity index (χ1v) is 9.67. The van der Waals surface area contributed by atoms with Crippen molar-refractivity contribution in [1.29, 1.82) is 0 Å². The van der Waals surface area contributed by atoms with E-state index in [-0.39, 0.29) is 24.5 Å². The van der Waals surface area contributed by atoms with Crippen LogP contribution in [0.2, 0.25) is 0 Å². The molecule has 0 aromatic heterocycles. The number of fused-ring (bicyclic) bond motifs is 1. The summed E-state index contributed by atoms with van der Waals surface area (Å²) in [5.41, 5.74) is 3.15. The van der Waals surface area contributed by atoms with Crippen LogP contribution in [0.4, 0.5) is 5.69 Å². The van der Waals surface area contributed by atoms with Crippen LogP contribution in [0.1, 0.15) is 35.3 Å². The average molecular weight is 390 g/mol. The summed E-state index contributed by atoms with van der Waals surface area (Å²) in [5, 5.41) is 7.66. The van der Waals surface area contributed by atoms with Crippen molar-refractivity contribution in [2.75, 3.05) is 11.9 Å². The van der Waals surface area contributed by atoms with Gasteiger partial charge in [0, 0.05) is 11.7 Å². The van der Waals surface area contributed by atoms with E-state index < -0.39 is 0 Å². The standard InChI is InChI=1S/C24H26N2O3/c1-15(2)25-22(27)14-29-21-13-19-11-6-5-10-18(19)12-20(21)24(28)26-23-16(3)8-7-9-17(23)4/h5-13,15H,14H2,1-4H3,(H,25,27)(H,26,28). The largest absolute Gasteiger partial charge is 0.483 e. The van der Waals surface area contributed by atoms with Gasteiger partial charge >= 0.3 is 0 Å². The number of hydrogen-bond acceptors (Lipinski definition) is 3. The van der Waals surface area contributed by atoms with Gasteiger partial charge in [-0.3, -0.25) is 9.59 Å². The Morgan fingerprint density at radius 2 is 1.55 bits per heavy atom. The van der Waals surface area contributed by atoms with Gasteiger partial charge in [0.05, 0.1) is 5.56 Å². The molecule has 5 heteroatoms. The maximum atomic E-state index is 13.1. The molecular weight excluding hydrogens is 364 g/mol. The van der Waals surface area contributed by atoms with Gasteiger partial charge in [0.2, 0.25) is 0 Å². The molecule has 0 aliphatic heterocycles. The minimum absolute atomic E-state index is 0.0227. The third-order valence-corrected chi connectivity index (χ3v) is 4.62. The Bertz CT molecular complexity index is 1040. The Labute approximate surface area is 171 Å². The van der Waals surface area contributed by atoms with Crippen molar-refractivity contribution in [2.45, 2.75) is 33.7 Å². The van der Waals surface area contributed by atoms with E-state index in [0.29, 0.717) is 11.3 Å². The minimum Gasteiger partial charge on any atom is -0.483 e. The predicted molar refractivity (Wildman–Crippen MR) is 117 cm³/mol. The van der Waals surface area contributed by atoms with Crippen LogP contribution in [0.15, 0.2) is 54.6 Å². The van der Waals surface area contributed by atoms with Crippen molar-refractivity contribution in [3.8, 4) is 5.75 Å². The van der Waals surface area contributed by atoms with Gasteiger partial charge in [-0.25, -0.2) is 0 Å². The lowest BCUT2D eigenvalue weighted by molar-refractivity contribution is -0.123. The summed E-state index contributed by atoms with van der Waals surface area (Å²) < 4.78 is 5.75. The van der Waals surface area contributed by atoms with Gasteiger partial charge in [0.15, 0.2) is 6.61 Å². The highest BCUT2D eigenvalue weighted by Crippen LogP contribution is 2.28. The summed E-state index contributed by atoms with van der Waals surface area (Å²) >= 11 is 0. The zero-order valence-electron chi connectivity index (χ0n) is 17.2. The fourth-order valence-corrected chi connectivity index (χ4v) is 3.22. The van der Waals surface area contributed by atoms with Gasteiger partial charge in [0.1, 0.15) is 5.75 Å². The first-order valence-electron chi connectivity index (χ1n) is 9.67. The number of carbonyl (C=O) groups is 2. The minimum atomic E-state index is -0.271. The van der Waals surface area contributed by atoms with Crippen LogP contribution in [0, 0.1) is 13.8 Å². The lowest BCUT2D eigenvalue weighted by Crippen LogP contribution is -2.34. The Kier molecular flexibility index (Phi) is 6.17. The molecule has 0 heterocycles. The Morgan fingerprint density at radius 1 is 0.931 bits per heavy atom. The highest BCUT2D eigenvalue weighted by Gasteiger charge is 2.17. The molecule has 3 aromatic rings. The fourth-order valence-electron chi connectivity index (χ4n) is 3.22. The van der Waals surface area contributed by atoms with Crippen molar-refractivity contribution in [2.24, 2.45) is 0 Å². The molecule has 0 aliphatic carbocycles. The molecule has 0 radical (unpaired) electrons. The highest BCUT2D eigenvalue weighted by atomic mass is 16.5. The van der Waals surface area contributed by atoms with E-state index >= 15 is 0 Å². The molecule has 0 atom stereocenters. The second-order valence-electron chi connectivity index (χ2n) is 7.43. The van der Waals surface area contributed by atoms with Crippen LogP contribution < -0.4 is 15.4 Å². The van der Waals surface area contributed by atoms with Crippen molar-refractivity contribution in [1.82, 2.24) is 5.32 Å². The lowest BCUT2D eigenvalue weighted by Gasteiger charge is -2.16. The lowest BCUT2D eigenvalue weighted by atomic mass is 10.0. The molecule has 150 valence electrons. The Morgan fingerprint density at radius 3 is 2.17 bits per heavy atom. The van der Waals surface area contributed by atoms with Crippen molar-refractivity contribution < 1.29 is 14.3 Å². The van der Waals surface area contributed by atoms with Crippen molar-refractivity contribution in [3.05, 3.63) is 71.3 Å². The number of nitrogens with one attached hydrogen (secondary N) is 2. The average Bonchev–Trinajstić information content (AvgIpc) is 2.68. The zero-order chi connectivity index (χ0) is 21.0. The highest BCUT2D eigenvalue weighted by molar-refractivity contribution is 6.09. The molecule has 3 rings (SSSR count). The first-order chi connectivity index (χ1) is 13.8. The van der Waals surface area contributed by atoms with Gasteiger partial charge in [-0.05, 0) is 61.7 Å². The van der Waals surface area contributed by atoms with Crippen LogP contribution >= 0.6 is 0 Å². The van der Waals surface area contributed by atoms with E-state index in [2.05, 4.69) is 10.6 Å². The number of ether oxygens (including phenoxy) is 1. The predicted octanol–water partition coefficient (Wildman–Crippen LogP) is 4.61. The Hall–Kier alpha value is -3.34. The van der Waals surface area contributed by atoms with E-state index in [0.717, 1.165) is 27.6 Å². The number of rotatable bonds is 6. The fraction of sp³-hybridized carbons (Fsp3) is 0.250. The zero-order valence-corrected chi connectivity index (χ0v) is 17.2.